The molecular formula is C20H25N3O4S. The first kappa shape index (κ1) is 20.1. The normalized spacial score (nSPS) is 14.9. The Morgan fingerprint density at radius 2 is 1.93 bits per heavy atom. The van der Waals surface area contributed by atoms with Crippen LogP contribution in [-0.2, 0) is 4.79 Å². The highest BCUT2D eigenvalue weighted by Gasteiger charge is 2.26. The average Bonchev–Trinajstić information content (AvgIpc) is 3.31. The zero-order chi connectivity index (χ0) is 20.3. The first-order chi connectivity index (χ1) is 13.3. The molecule has 1 aliphatic rings. The maximum atomic E-state index is 12.7. The van der Waals surface area contributed by atoms with Crippen LogP contribution in [0.1, 0.15) is 52.5 Å². The Hall–Kier alpha value is -2.61. The lowest BCUT2D eigenvalue weighted by Crippen LogP contribution is -2.47. The predicted molar refractivity (Wildman–Crippen MR) is 108 cm³/mol. The Bertz CT molecular complexity index is 849. The van der Waals surface area contributed by atoms with Gasteiger partial charge >= 0.3 is 0 Å². The fourth-order valence-corrected chi connectivity index (χ4v) is 4.18. The molecule has 0 atom stereocenters. The van der Waals surface area contributed by atoms with Gasteiger partial charge in [0.05, 0.1) is 16.1 Å². The van der Waals surface area contributed by atoms with Gasteiger partial charge in [0.15, 0.2) is 5.76 Å². The van der Waals surface area contributed by atoms with Crippen LogP contribution in [0.4, 0.5) is 5.00 Å². The lowest BCUT2D eigenvalue weighted by atomic mass is 10.0. The van der Waals surface area contributed by atoms with Gasteiger partial charge in [-0.05, 0) is 43.5 Å². The molecular weight excluding hydrogens is 378 g/mol. The molecule has 3 amide bonds. The van der Waals surface area contributed by atoms with Crippen molar-refractivity contribution in [3.8, 4) is 0 Å². The fraction of sp³-hybridized carbons (Fsp3) is 0.450. The van der Waals surface area contributed by atoms with Crippen molar-refractivity contribution >= 4 is 34.1 Å². The first-order valence-corrected chi connectivity index (χ1v) is 10.2. The molecule has 2 aromatic heterocycles. The van der Waals surface area contributed by atoms with Gasteiger partial charge in [0.25, 0.3) is 11.8 Å². The van der Waals surface area contributed by atoms with Crippen molar-refractivity contribution in [1.82, 2.24) is 10.2 Å². The van der Waals surface area contributed by atoms with Crippen LogP contribution < -0.4 is 10.6 Å². The van der Waals surface area contributed by atoms with Crippen molar-refractivity contribution in [2.24, 2.45) is 5.92 Å². The molecule has 1 saturated heterocycles. The number of amides is 3. The summed E-state index contributed by atoms with van der Waals surface area (Å²) in [6.45, 7) is 6.97. The summed E-state index contributed by atoms with van der Waals surface area (Å²) < 4.78 is 5.08. The highest BCUT2D eigenvalue weighted by atomic mass is 32.1. The molecule has 0 radical (unpaired) electrons. The Morgan fingerprint density at radius 1 is 1.21 bits per heavy atom. The average molecular weight is 404 g/mol. The number of likely N-dealkylation sites (tertiary alicyclic amines) is 1. The molecule has 0 aromatic carbocycles. The number of rotatable bonds is 5. The van der Waals surface area contributed by atoms with Gasteiger partial charge in [0, 0.05) is 25.0 Å². The van der Waals surface area contributed by atoms with E-state index in [1.807, 2.05) is 25.7 Å². The van der Waals surface area contributed by atoms with E-state index in [9.17, 15) is 14.4 Å². The van der Waals surface area contributed by atoms with Crippen LogP contribution in [0.25, 0.3) is 0 Å². The van der Waals surface area contributed by atoms with Crippen LogP contribution >= 0.6 is 11.3 Å². The summed E-state index contributed by atoms with van der Waals surface area (Å²) in [5, 5.41) is 6.41. The number of furan rings is 1. The molecule has 0 spiro atoms. The van der Waals surface area contributed by atoms with Gasteiger partial charge in [-0.25, -0.2) is 0 Å². The smallest absolute Gasteiger partial charge is 0.291 e. The topological polar surface area (TPSA) is 91.7 Å². The van der Waals surface area contributed by atoms with Crippen molar-refractivity contribution in [3.05, 3.63) is 40.7 Å². The van der Waals surface area contributed by atoms with Crippen molar-refractivity contribution in [2.75, 3.05) is 18.4 Å². The van der Waals surface area contributed by atoms with Crippen LogP contribution in [-0.4, -0.2) is 41.8 Å². The van der Waals surface area contributed by atoms with E-state index in [-0.39, 0.29) is 35.4 Å². The third kappa shape index (κ3) is 4.62. The number of hydrogen-bond acceptors (Lipinski definition) is 5. The maximum absolute atomic E-state index is 12.7. The number of thiophene rings is 1. The van der Waals surface area contributed by atoms with Gasteiger partial charge in [-0.3, -0.25) is 14.4 Å². The maximum Gasteiger partial charge on any atom is 0.291 e. The standard InChI is InChI=1S/C20H25N3O4S/c1-12(2)20(26)23-8-6-14(7-9-23)21-19(25)17-13(3)11-16(28-17)22-18(24)15-5-4-10-27-15/h4-5,10-12,14H,6-9H2,1-3H3,(H,21,25)(H,22,24). The van der Waals surface area contributed by atoms with Gasteiger partial charge in [0.1, 0.15) is 0 Å². The second-order valence-electron chi connectivity index (χ2n) is 7.28. The second-order valence-corrected chi connectivity index (χ2v) is 8.33. The lowest BCUT2D eigenvalue weighted by molar-refractivity contribution is -0.135. The molecule has 2 N–H and O–H groups in total. The lowest BCUT2D eigenvalue weighted by Gasteiger charge is -2.33. The summed E-state index contributed by atoms with van der Waals surface area (Å²) in [6, 6.07) is 5.06. The molecule has 3 heterocycles. The number of nitrogens with one attached hydrogen (secondary N) is 2. The number of nitrogens with zero attached hydrogens (tertiary/aromatic N) is 1. The van der Waals surface area contributed by atoms with Crippen LogP contribution in [0, 0.1) is 12.8 Å². The number of carbonyl (C=O) groups is 3. The first-order valence-electron chi connectivity index (χ1n) is 9.40. The molecule has 2 aromatic rings. The van der Waals surface area contributed by atoms with Gasteiger partial charge in [0.2, 0.25) is 5.91 Å². The van der Waals surface area contributed by atoms with Gasteiger partial charge in [-0.2, -0.15) is 0 Å². The number of carbonyl (C=O) groups excluding carboxylic acids is 3. The number of anilines is 1. The Kier molecular flexibility index (Phi) is 6.18. The minimum Gasteiger partial charge on any atom is -0.459 e. The van der Waals surface area contributed by atoms with Gasteiger partial charge < -0.3 is 20.0 Å². The monoisotopic (exact) mass is 403 g/mol. The summed E-state index contributed by atoms with van der Waals surface area (Å²) in [4.78, 5) is 39.3. The van der Waals surface area contributed by atoms with Crippen LogP contribution in [0.2, 0.25) is 0 Å². The molecule has 3 rings (SSSR count). The highest BCUT2D eigenvalue weighted by molar-refractivity contribution is 7.18. The summed E-state index contributed by atoms with van der Waals surface area (Å²) in [5.41, 5.74) is 0.810. The number of hydrogen-bond donors (Lipinski definition) is 2. The van der Waals surface area contributed by atoms with E-state index in [2.05, 4.69) is 10.6 Å². The summed E-state index contributed by atoms with van der Waals surface area (Å²) in [7, 11) is 0. The third-order valence-electron chi connectivity index (χ3n) is 4.74. The van der Waals surface area contributed by atoms with E-state index >= 15 is 0 Å². The minimum atomic E-state index is -0.347. The largest absolute Gasteiger partial charge is 0.459 e. The Balaban J connectivity index is 1.56. The molecule has 28 heavy (non-hydrogen) atoms. The number of aryl methyl sites for hydroxylation is 1. The van der Waals surface area contributed by atoms with Gasteiger partial charge in [-0.1, -0.05) is 13.8 Å². The molecule has 150 valence electrons. The Morgan fingerprint density at radius 3 is 2.54 bits per heavy atom. The summed E-state index contributed by atoms with van der Waals surface area (Å²) in [6.07, 6.45) is 2.93. The molecule has 0 unspecified atom stereocenters. The molecule has 1 aliphatic heterocycles. The quantitative estimate of drug-likeness (QED) is 0.801. The SMILES string of the molecule is Cc1cc(NC(=O)c2ccco2)sc1C(=O)NC1CCN(C(=O)C(C)C)CC1. The fourth-order valence-electron chi connectivity index (χ4n) is 3.21. The van der Waals surface area contributed by atoms with E-state index in [0.29, 0.717) is 23.0 Å². The van der Waals surface area contributed by atoms with Crippen LogP contribution in [0.5, 0.6) is 0 Å². The second kappa shape index (κ2) is 8.60. The van der Waals surface area contributed by atoms with E-state index in [1.54, 1.807) is 18.2 Å². The molecule has 7 nitrogen and oxygen atoms in total. The summed E-state index contributed by atoms with van der Waals surface area (Å²) >= 11 is 1.24. The van der Waals surface area contributed by atoms with E-state index in [1.165, 1.54) is 17.6 Å². The molecule has 0 saturated carbocycles. The van der Waals surface area contributed by atoms with E-state index in [0.717, 1.165) is 18.4 Å². The number of piperidine rings is 1. The molecule has 0 aliphatic carbocycles. The van der Waals surface area contributed by atoms with Crippen molar-refractivity contribution in [3.63, 3.8) is 0 Å². The predicted octanol–water partition coefficient (Wildman–Crippen LogP) is 3.28. The van der Waals surface area contributed by atoms with Crippen LogP contribution in [0.15, 0.2) is 28.9 Å². The van der Waals surface area contributed by atoms with E-state index in [4.69, 9.17) is 4.42 Å². The highest BCUT2D eigenvalue weighted by Crippen LogP contribution is 2.27. The minimum absolute atomic E-state index is 0.00489. The van der Waals surface area contributed by atoms with Crippen LogP contribution in [0.3, 0.4) is 0 Å². The third-order valence-corrected chi connectivity index (χ3v) is 5.89. The zero-order valence-corrected chi connectivity index (χ0v) is 17.1. The Labute approximate surface area is 168 Å². The van der Waals surface area contributed by atoms with Gasteiger partial charge in [-0.15, -0.1) is 11.3 Å². The van der Waals surface area contributed by atoms with E-state index < -0.39 is 0 Å². The molecule has 1 fully saturated rings. The molecule has 0 bridgehead atoms. The van der Waals surface area contributed by atoms with Crippen molar-refractivity contribution < 1.29 is 18.8 Å². The molecule has 8 heteroatoms. The zero-order valence-electron chi connectivity index (χ0n) is 16.3. The van der Waals surface area contributed by atoms with Crippen molar-refractivity contribution in [2.45, 2.75) is 39.7 Å². The summed E-state index contributed by atoms with van der Waals surface area (Å²) in [5.74, 6) is -0.111. The van der Waals surface area contributed by atoms with Crippen molar-refractivity contribution in [1.29, 1.82) is 0 Å².